The molecule has 1 aromatic carbocycles. The third-order valence-electron chi connectivity index (χ3n) is 4.28. The summed E-state index contributed by atoms with van der Waals surface area (Å²) >= 11 is 0. The fourth-order valence-electron chi connectivity index (χ4n) is 2.88. The highest BCUT2D eigenvalue weighted by Crippen LogP contribution is 2.18. The summed E-state index contributed by atoms with van der Waals surface area (Å²) in [5.74, 6) is -0.880. The van der Waals surface area contributed by atoms with Crippen LogP contribution in [0.4, 0.5) is 13.2 Å². The van der Waals surface area contributed by atoms with Crippen molar-refractivity contribution in [1.29, 1.82) is 0 Å². The van der Waals surface area contributed by atoms with Gasteiger partial charge in [0, 0.05) is 12.3 Å². The van der Waals surface area contributed by atoms with E-state index < -0.39 is 43.0 Å². The van der Waals surface area contributed by atoms with Gasteiger partial charge in [-0.15, -0.1) is 0 Å². The summed E-state index contributed by atoms with van der Waals surface area (Å²) in [7, 11) is 0. The van der Waals surface area contributed by atoms with E-state index in [1.807, 2.05) is 0 Å². The summed E-state index contributed by atoms with van der Waals surface area (Å²) in [5.41, 5.74) is -0.778. The molecule has 158 valence electrons. The Balaban J connectivity index is 1.85. The maximum absolute atomic E-state index is 12.9. The summed E-state index contributed by atoms with van der Waals surface area (Å²) < 4.78 is 45.7. The first kappa shape index (κ1) is 21.2. The number of carbonyl (C=O) groups is 1. The van der Waals surface area contributed by atoms with Gasteiger partial charge in [-0.25, -0.2) is 4.79 Å². The Morgan fingerprint density at radius 3 is 2.40 bits per heavy atom. The molecule has 2 heterocycles. The van der Waals surface area contributed by atoms with Gasteiger partial charge in [-0.05, 0) is 17.7 Å². The Morgan fingerprint density at radius 2 is 1.77 bits per heavy atom. The molecular formula is C20H18F3N3O4. The van der Waals surface area contributed by atoms with Crippen molar-refractivity contribution in [3.05, 3.63) is 93.2 Å². The van der Waals surface area contributed by atoms with Crippen LogP contribution >= 0.6 is 0 Å². The van der Waals surface area contributed by atoms with E-state index in [4.69, 9.17) is 4.42 Å². The maximum atomic E-state index is 12.9. The van der Waals surface area contributed by atoms with Crippen LogP contribution in [0.2, 0.25) is 0 Å². The molecule has 0 aliphatic rings. The van der Waals surface area contributed by atoms with E-state index in [0.717, 1.165) is 11.6 Å². The minimum atomic E-state index is -4.66. The highest BCUT2D eigenvalue weighted by molar-refractivity contribution is 5.76. The topological polar surface area (TPSA) is 77.5 Å². The largest absolute Gasteiger partial charge is 0.467 e. The van der Waals surface area contributed by atoms with Gasteiger partial charge < -0.3 is 9.32 Å². The minimum absolute atomic E-state index is 0.146. The van der Waals surface area contributed by atoms with Crippen molar-refractivity contribution in [2.45, 2.75) is 25.8 Å². The smallest absolute Gasteiger partial charge is 0.406 e. The third-order valence-corrected chi connectivity index (χ3v) is 4.28. The fourth-order valence-corrected chi connectivity index (χ4v) is 2.88. The lowest BCUT2D eigenvalue weighted by Crippen LogP contribution is -2.46. The number of nitrogens with zero attached hydrogens (tertiary/aromatic N) is 3. The summed E-state index contributed by atoms with van der Waals surface area (Å²) in [5, 5.41) is 0. The van der Waals surface area contributed by atoms with E-state index in [1.165, 1.54) is 29.2 Å². The van der Waals surface area contributed by atoms with E-state index in [-0.39, 0.29) is 12.3 Å². The fraction of sp³-hybridized carbons (Fsp3) is 0.250. The van der Waals surface area contributed by atoms with Gasteiger partial charge in [-0.1, -0.05) is 30.3 Å². The first-order chi connectivity index (χ1) is 14.2. The summed E-state index contributed by atoms with van der Waals surface area (Å²) in [6.45, 7) is -2.64. The van der Waals surface area contributed by atoms with Crippen LogP contribution in [0, 0.1) is 0 Å². The number of alkyl halides is 3. The van der Waals surface area contributed by atoms with E-state index in [1.54, 1.807) is 30.3 Å². The van der Waals surface area contributed by atoms with Crippen molar-refractivity contribution < 1.29 is 22.4 Å². The molecule has 2 aromatic heterocycles. The molecule has 0 aliphatic heterocycles. The molecule has 0 fully saturated rings. The number of rotatable bonds is 7. The SMILES string of the molecule is O=C(Cn1c(=O)ccn(Cc2ccccc2)c1=O)N(Cc1ccco1)CC(F)(F)F. The lowest BCUT2D eigenvalue weighted by molar-refractivity contribution is -0.163. The van der Waals surface area contributed by atoms with Crippen molar-refractivity contribution in [3.63, 3.8) is 0 Å². The molecule has 3 aromatic rings. The highest BCUT2D eigenvalue weighted by atomic mass is 19.4. The normalized spacial score (nSPS) is 11.4. The number of amides is 1. The van der Waals surface area contributed by atoms with Crippen LogP contribution in [0.3, 0.4) is 0 Å². The Labute approximate surface area is 168 Å². The van der Waals surface area contributed by atoms with Crippen LogP contribution in [0.15, 0.2) is 75.0 Å². The molecule has 0 aliphatic carbocycles. The average molecular weight is 421 g/mol. The van der Waals surface area contributed by atoms with Crippen LogP contribution < -0.4 is 11.2 Å². The van der Waals surface area contributed by atoms with E-state index in [0.29, 0.717) is 9.47 Å². The quantitative estimate of drug-likeness (QED) is 0.586. The second kappa shape index (κ2) is 8.85. The van der Waals surface area contributed by atoms with Crippen molar-refractivity contribution in [2.24, 2.45) is 0 Å². The zero-order chi connectivity index (χ0) is 21.7. The minimum Gasteiger partial charge on any atom is -0.467 e. The number of hydrogen-bond donors (Lipinski definition) is 0. The van der Waals surface area contributed by atoms with Gasteiger partial charge in [0.15, 0.2) is 0 Å². The monoisotopic (exact) mass is 421 g/mol. The van der Waals surface area contributed by atoms with E-state index in [2.05, 4.69) is 0 Å². The molecular weight excluding hydrogens is 403 g/mol. The maximum Gasteiger partial charge on any atom is 0.406 e. The molecule has 0 radical (unpaired) electrons. The van der Waals surface area contributed by atoms with Crippen molar-refractivity contribution in [2.75, 3.05) is 6.54 Å². The van der Waals surface area contributed by atoms with E-state index >= 15 is 0 Å². The lowest BCUT2D eigenvalue weighted by atomic mass is 10.2. The third kappa shape index (κ3) is 5.49. The highest BCUT2D eigenvalue weighted by Gasteiger charge is 2.33. The number of aromatic nitrogens is 2. The van der Waals surface area contributed by atoms with Gasteiger partial charge in [-0.2, -0.15) is 13.2 Å². The standard InChI is InChI=1S/C20H18F3N3O4/c21-20(22,23)14-25(12-16-7-4-10-30-16)18(28)13-26-17(27)8-9-24(19(26)29)11-15-5-2-1-3-6-15/h1-10H,11-14H2. The van der Waals surface area contributed by atoms with E-state index in [9.17, 15) is 27.6 Å². The second-order valence-corrected chi connectivity index (χ2v) is 6.58. The van der Waals surface area contributed by atoms with Gasteiger partial charge in [-0.3, -0.25) is 18.7 Å². The average Bonchev–Trinajstić information content (AvgIpc) is 3.19. The molecule has 3 rings (SSSR count). The Bertz CT molecular complexity index is 1100. The number of benzene rings is 1. The number of hydrogen-bond acceptors (Lipinski definition) is 4. The number of carbonyl (C=O) groups excluding carboxylic acids is 1. The Hall–Kier alpha value is -3.56. The zero-order valence-electron chi connectivity index (χ0n) is 15.7. The molecule has 7 nitrogen and oxygen atoms in total. The van der Waals surface area contributed by atoms with Crippen LogP contribution in [-0.2, 0) is 24.4 Å². The number of halogens is 3. The Kier molecular flexibility index (Phi) is 6.24. The number of furan rings is 1. The molecule has 30 heavy (non-hydrogen) atoms. The van der Waals surface area contributed by atoms with Crippen LogP contribution in [0.1, 0.15) is 11.3 Å². The predicted molar refractivity (Wildman–Crippen MR) is 101 cm³/mol. The summed E-state index contributed by atoms with van der Waals surface area (Å²) in [6, 6.07) is 12.9. The molecule has 0 unspecified atom stereocenters. The molecule has 0 bridgehead atoms. The summed E-state index contributed by atoms with van der Waals surface area (Å²) in [4.78, 5) is 37.9. The Morgan fingerprint density at radius 1 is 1.03 bits per heavy atom. The van der Waals surface area contributed by atoms with Gasteiger partial charge >= 0.3 is 11.9 Å². The van der Waals surface area contributed by atoms with Gasteiger partial charge in [0.2, 0.25) is 5.91 Å². The van der Waals surface area contributed by atoms with Gasteiger partial charge in [0.25, 0.3) is 5.56 Å². The summed E-state index contributed by atoms with van der Waals surface area (Å²) in [6.07, 6.45) is -2.10. The lowest BCUT2D eigenvalue weighted by Gasteiger charge is -2.23. The van der Waals surface area contributed by atoms with Gasteiger partial charge in [0.1, 0.15) is 18.8 Å². The first-order valence-corrected chi connectivity index (χ1v) is 8.94. The predicted octanol–water partition coefficient (Wildman–Crippen LogP) is 2.24. The van der Waals surface area contributed by atoms with Crippen molar-refractivity contribution >= 4 is 5.91 Å². The molecule has 10 heteroatoms. The second-order valence-electron chi connectivity index (χ2n) is 6.58. The molecule has 0 atom stereocenters. The van der Waals surface area contributed by atoms with Gasteiger partial charge in [0.05, 0.1) is 19.4 Å². The van der Waals surface area contributed by atoms with Crippen LogP contribution in [0.5, 0.6) is 0 Å². The molecule has 1 amide bonds. The molecule has 0 spiro atoms. The van der Waals surface area contributed by atoms with Crippen LogP contribution in [0.25, 0.3) is 0 Å². The van der Waals surface area contributed by atoms with Crippen LogP contribution in [-0.4, -0.2) is 32.7 Å². The molecule has 0 saturated heterocycles. The zero-order valence-corrected chi connectivity index (χ0v) is 15.7. The van der Waals surface area contributed by atoms with Crippen molar-refractivity contribution in [1.82, 2.24) is 14.0 Å². The van der Waals surface area contributed by atoms with Crippen molar-refractivity contribution in [3.8, 4) is 0 Å². The molecule has 0 N–H and O–H groups in total. The molecule has 0 saturated carbocycles. The first-order valence-electron chi connectivity index (χ1n) is 8.94.